The number of anilines is 3. The topological polar surface area (TPSA) is 16.4 Å². The van der Waals surface area contributed by atoms with Crippen LogP contribution in [0, 0.1) is 0 Å². The summed E-state index contributed by atoms with van der Waals surface area (Å²) in [4.78, 5) is 2.45. The zero-order valence-corrected chi connectivity index (χ0v) is 37.7. The first-order chi connectivity index (χ1) is 34.2. The Balaban J connectivity index is 1.01. The van der Waals surface area contributed by atoms with Crippen LogP contribution in [0.3, 0.4) is 0 Å². The molecule has 11 aromatic carbocycles. The van der Waals surface area contributed by atoms with Crippen molar-refractivity contribution < 1.29 is 4.42 Å². The molecular formula is C67H43NO. The Labute approximate surface area is 401 Å². The number of fused-ring (bicyclic) bond motifs is 13. The quantitative estimate of drug-likeness (QED) is 0.159. The summed E-state index contributed by atoms with van der Waals surface area (Å²) in [6.45, 7) is 0. The maximum absolute atomic E-state index is 6.54. The highest BCUT2D eigenvalue weighted by Gasteiger charge is 2.52. The molecular weight excluding hydrogens is 835 g/mol. The summed E-state index contributed by atoms with van der Waals surface area (Å²) in [5, 5.41) is 2.25. The number of para-hydroxylation sites is 2. The summed E-state index contributed by atoms with van der Waals surface area (Å²) in [5.74, 6) is 0. The lowest BCUT2D eigenvalue weighted by atomic mass is 9.70. The molecule has 12 aromatic rings. The van der Waals surface area contributed by atoms with Gasteiger partial charge < -0.3 is 9.32 Å². The summed E-state index contributed by atoms with van der Waals surface area (Å²) in [6, 6.07) is 95.6. The number of hydrogen-bond donors (Lipinski definition) is 0. The molecule has 69 heavy (non-hydrogen) atoms. The second kappa shape index (κ2) is 15.6. The van der Waals surface area contributed by atoms with E-state index >= 15 is 0 Å². The van der Waals surface area contributed by atoms with Gasteiger partial charge in [0, 0.05) is 33.3 Å². The minimum Gasteiger partial charge on any atom is -0.455 e. The maximum atomic E-state index is 6.54. The second-order valence-corrected chi connectivity index (χ2v) is 18.3. The van der Waals surface area contributed by atoms with E-state index in [-0.39, 0.29) is 0 Å². The van der Waals surface area contributed by atoms with Gasteiger partial charge in [-0.1, -0.05) is 218 Å². The molecule has 14 rings (SSSR count). The van der Waals surface area contributed by atoms with E-state index in [2.05, 4.69) is 260 Å². The number of hydrogen-bond acceptors (Lipinski definition) is 2. The highest BCUT2D eigenvalue weighted by atomic mass is 16.3. The molecule has 0 unspecified atom stereocenters. The summed E-state index contributed by atoms with van der Waals surface area (Å²) in [6.07, 6.45) is 0. The van der Waals surface area contributed by atoms with Crippen molar-refractivity contribution in [2.75, 3.05) is 4.90 Å². The van der Waals surface area contributed by atoms with Crippen LogP contribution in [0.15, 0.2) is 265 Å². The van der Waals surface area contributed by atoms with Gasteiger partial charge in [0.2, 0.25) is 0 Å². The van der Waals surface area contributed by atoms with E-state index in [4.69, 9.17) is 4.42 Å². The van der Waals surface area contributed by atoms with Crippen molar-refractivity contribution in [3.05, 3.63) is 283 Å². The van der Waals surface area contributed by atoms with E-state index in [0.717, 1.165) is 61.3 Å². The molecule has 1 aromatic heterocycles. The van der Waals surface area contributed by atoms with Gasteiger partial charge in [-0.25, -0.2) is 0 Å². The molecule has 0 saturated carbocycles. The van der Waals surface area contributed by atoms with Gasteiger partial charge in [0.15, 0.2) is 0 Å². The van der Waals surface area contributed by atoms with E-state index in [9.17, 15) is 0 Å². The molecule has 0 N–H and O–H groups in total. The normalized spacial score (nSPS) is 12.8. The van der Waals surface area contributed by atoms with E-state index in [1.807, 2.05) is 6.07 Å². The van der Waals surface area contributed by atoms with Crippen LogP contribution in [0.2, 0.25) is 0 Å². The minimum absolute atomic E-state index is 0.461. The Morgan fingerprint density at radius 3 is 1.43 bits per heavy atom. The van der Waals surface area contributed by atoms with Gasteiger partial charge in [0.1, 0.15) is 11.2 Å². The molecule has 2 aliphatic carbocycles. The van der Waals surface area contributed by atoms with Crippen LogP contribution in [0.5, 0.6) is 0 Å². The standard InChI is InChI=1S/C67H43NO/c1-3-17-44(18-4-1)46-33-38-49(39-34-46)68(50-40-35-47(36-41-50)51-25-15-27-56-54-23-10-14-32-64(54)69-66(51)56)63-42-37-48(45-19-5-2-6-20-45)43-58(63)55-26-16-31-62-65(55)57-24-9-13-30-61(57)67(62)59-28-11-7-21-52(59)53-22-8-12-29-60(53)67/h1-43H. The highest BCUT2D eigenvalue weighted by Crippen LogP contribution is 2.64. The van der Waals surface area contributed by atoms with Gasteiger partial charge in [-0.2, -0.15) is 0 Å². The van der Waals surface area contributed by atoms with Gasteiger partial charge >= 0.3 is 0 Å². The zero-order valence-electron chi connectivity index (χ0n) is 37.7. The lowest BCUT2D eigenvalue weighted by molar-refractivity contribution is 0.670. The molecule has 322 valence electrons. The fourth-order valence-electron chi connectivity index (χ4n) is 11.8. The Bertz CT molecular complexity index is 3890. The van der Waals surface area contributed by atoms with Crippen LogP contribution in [0.25, 0.3) is 88.7 Å². The SMILES string of the molecule is c1ccc(-c2ccc(N(c3ccc(-c4cccc5c4oc4ccccc45)cc3)c3ccc(-c4ccccc4)cc3-c3cccc4c3-c3ccccc3C43c4ccccc4-c4ccccc43)cc2)cc1. The first kappa shape index (κ1) is 39.2. The summed E-state index contributed by atoms with van der Waals surface area (Å²) < 4.78 is 6.54. The molecule has 2 aliphatic rings. The number of furan rings is 1. The second-order valence-electron chi connectivity index (χ2n) is 18.3. The Morgan fingerprint density at radius 1 is 0.290 bits per heavy atom. The van der Waals surface area contributed by atoms with Crippen molar-refractivity contribution in [3.8, 4) is 66.8 Å². The van der Waals surface area contributed by atoms with Gasteiger partial charge in [0.05, 0.1) is 11.1 Å². The number of benzene rings is 11. The molecule has 1 heterocycles. The Morgan fingerprint density at radius 2 is 0.754 bits per heavy atom. The first-order valence-corrected chi connectivity index (χ1v) is 23.8. The van der Waals surface area contributed by atoms with Crippen LogP contribution in [0.4, 0.5) is 17.1 Å². The number of nitrogens with zero attached hydrogens (tertiary/aromatic N) is 1. The largest absolute Gasteiger partial charge is 0.455 e. The smallest absolute Gasteiger partial charge is 0.143 e. The molecule has 2 heteroatoms. The first-order valence-electron chi connectivity index (χ1n) is 23.8. The van der Waals surface area contributed by atoms with Crippen LogP contribution in [-0.2, 0) is 5.41 Å². The molecule has 0 fully saturated rings. The molecule has 0 bridgehead atoms. The van der Waals surface area contributed by atoms with E-state index in [1.165, 1.54) is 66.8 Å². The lowest BCUT2D eigenvalue weighted by Gasteiger charge is -2.31. The van der Waals surface area contributed by atoms with Gasteiger partial charge in [-0.05, 0) is 120 Å². The molecule has 0 atom stereocenters. The minimum atomic E-state index is -0.461. The van der Waals surface area contributed by atoms with E-state index in [1.54, 1.807) is 0 Å². The van der Waals surface area contributed by atoms with Crippen molar-refractivity contribution >= 4 is 39.0 Å². The van der Waals surface area contributed by atoms with Crippen molar-refractivity contribution in [2.24, 2.45) is 0 Å². The van der Waals surface area contributed by atoms with E-state index in [0.29, 0.717) is 0 Å². The van der Waals surface area contributed by atoms with Crippen LogP contribution >= 0.6 is 0 Å². The summed E-state index contributed by atoms with van der Waals surface area (Å²) >= 11 is 0. The van der Waals surface area contributed by atoms with Crippen molar-refractivity contribution in [3.63, 3.8) is 0 Å². The molecule has 0 saturated heterocycles. The predicted octanol–water partition coefficient (Wildman–Crippen LogP) is 18.1. The Kier molecular flexibility index (Phi) is 8.84. The number of rotatable bonds is 7. The van der Waals surface area contributed by atoms with Crippen LogP contribution < -0.4 is 4.90 Å². The summed E-state index contributed by atoms with van der Waals surface area (Å²) in [5.41, 5.74) is 24.3. The average Bonchev–Trinajstić information content (AvgIpc) is 4.07. The molecule has 0 aliphatic heterocycles. The third kappa shape index (κ3) is 5.92. The molecule has 0 radical (unpaired) electrons. The van der Waals surface area contributed by atoms with Gasteiger partial charge in [0.25, 0.3) is 0 Å². The fourth-order valence-corrected chi connectivity index (χ4v) is 11.8. The van der Waals surface area contributed by atoms with Crippen LogP contribution in [-0.4, -0.2) is 0 Å². The fraction of sp³-hybridized carbons (Fsp3) is 0.0149. The van der Waals surface area contributed by atoms with Gasteiger partial charge in [-0.15, -0.1) is 0 Å². The Hall–Kier alpha value is -8.98. The van der Waals surface area contributed by atoms with E-state index < -0.39 is 5.41 Å². The van der Waals surface area contributed by atoms with Crippen molar-refractivity contribution in [1.82, 2.24) is 0 Å². The molecule has 1 spiro atoms. The lowest BCUT2D eigenvalue weighted by Crippen LogP contribution is -2.25. The third-order valence-electron chi connectivity index (χ3n) is 14.7. The third-order valence-corrected chi connectivity index (χ3v) is 14.7. The zero-order chi connectivity index (χ0) is 45.5. The van der Waals surface area contributed by atoms with Crippen molar-refractivity contribution in [2.45, 2.75) is 5.41 Å². The highest BCUT2D eigenvalue weighted by molar-refractivity contribution is 6.10. The summed E-state index contributed by atoms with van der Waals surface area (Å²) in [7, 11) is 0. The molecule has 2 nitrogen and oxygen atoms in total. The van der Waals surface area contributed by atoms with Gasteiger partial charge in [-0.3, -0.25) is 0 Å². The molecule has 0 amide bonds. The van der Waals surface area contributed by atoms with Crippen LogP contribution in [0.1, 0.15) is 22.3 Å². The maximum Gasteiger partial charge on any atom is 0.143 e. The van der Waals surface area contributed by atoms with Crippen molar-refractivity contribution in [1.29, 1.82) is 0 Å². The predicted molar refractivity (Wildman–Crippen MR) is 286 cm³/mol. The monoisotopic (exact) mass is 877 g/mol. The average molecular weight is 878 g/mol.